The van der Waals surface area contributed by atoms with Crippen LogP contribution in [0.3, 0.4) is 0 Å². The van der Waals surface area contributed by atoms with Gasteiger partial charge in [0.1, 0.15) is 29.6 Å². The molecule has 316 valence electrons. The summed E-state index contributed by atoms with van der Waals surface area (Å²) in [6.07, 6.45) is 3.58. The van der Waals surface area contributed by atoms with Crippen LogP contribution in [0.1, 0.15) is 88.4 Å². The van der Waals surface area contributed by atoms with E-state index in [1.54, 1.807) is 0 Å². The number of aromatic nitrogens is 4. The molecule has 4 amide bonds. The van der Waals surface area contributed by atoms with Crippen molar-refractivity contribution in [2.45, 2.75) is 90.4 Å². The zero-order chi connectivity index (χ0) is 42.4. The molecule has 0 bridgehead atoms. The number of benzene rings is 3. The molecule has 8 rings (SSSR count). The van der Waals surface area contributed by atoms with Gasteiger partial charge in [0.05, 0.1) is 43.0 Å². The minimum absolute atomic E-state index is 0.106. The van der Waals surface area contributed by atoms with Gasteiger partial charge in [-0.1, -0.05) is 52.0 Å². The molecule has 5 heterocycles. The summed E-state index contributed by atoms with van der Waals surface area (Å²) in [6, 6.07) is 15.4. The molecule has 3 aliphatic heterocycles. The SMILES string of the molecule is COC(=O)N[C@H](C(=O)N1CCC[C@H]1c1nc2c([nH]1)N(C)c1ccc(-c3ccc4c(ccc5nc([C@@H]6CCCN6C(=O)[C@@H](NC(=O)OC)C(C)C)[nH]c54)c3)cc1CC2)C(C)C. The van der Waals surface area contributed by atoms with Crippen LogP contribution >= 0.6 is 0 Å². The van der Waals surface area contributed by atoms with E-state index < -0.39 is 24.3 Å². The van der Waals surface area contributed by atoms with Crippen molar-refractivity contribution < 1.29 is 28.7 Å². The molecule has 0 saturated carbocycles. The van der Waals surface area contributed by atoms with E-state index in [1.165, 1.54) is 19.8 Å². The Morgan fingerprint density at radius 3 is 1.92 bits per heavy atom. The Labute approximate surface area is 349 Å². The van der Waals surface area contributed by atoms with Crippen molar-refractivity contribution >= 4 is 57.3 Å². The van der Waals surface area contributed by atoms with E-state index in [4.69, 9.17) is 19.4 Å². The molecule has 0 spiro atoms. The maximum atomic E-state index is 13.8. The van der Waals surface area contributed by atoms with E-state index in [0.717, 1.165) is 100 Å². The average molecular weight is 818 g/mol. The van der Waals surface area contributed by atoms with E-state index in [2.05, 4.69) is 75.0 Å². The van der Waals surface area contributed by atoms with Crippen LogP contribution in [0.15, 0.2) is 48.5 Å². The molecule has 2 saturated heterocycles. The zero-order valence-electron chi connectivity index (χ0n) is 35.4. The molecule has 60 heavy (non-hydrogen) atoms. The number of ether oxygens (including phenoxy) is 2. The number of H-pyrrole nitrogens is 2. The highest BCUT2D eigenvalue weighted by atomic mass is 16.5. The third-order valence-electron chi connectivity index (χ3n) is 12.5. The largest absolute Gasteiger partial charge is 0.453 e. The normalized spacial score (nSPS) is 18.7. The van der Waals surface area contributed by atoms with Gasteiger partial charge < -0.3 is 44.8 Å². The Kier molecular flexibility index (Phi) is 11.2. The van der Waals surface area contributed by atoms with Crippen molar-refractivity contribution in [3.05, 3.63) is 71.4 Å². The van der Waals surface area contributed by atoms with Crippen molar-refractivity contribution in [3.8, 4) is 11.1 Å². The first-order valence-electron chi connectivity index (χ1n) is 21.0. The van der Waals surface area contributed by atoms with E-state index >= 15 is 0 Å². The van der Waals surface area contributed by atoms with Gasteiger partial charge in [0.25, 0.3) is 0 Å². The minimum atomic E-state index is -0.695. The third-order valence-corrected chi connectivity index (χ3v) is 12.5. The van der Waals surface area contributed by atoms with Crippen LogP contribution in [0.5, 0.6) is 0 Å². The second-order valence-electron chi connectivity index (χ2n) is 16.9. The van der Waals surface area contributed by atoms with Crippen LogP contribution in [0, 0.1) is 11.8 Å². The number of methoxy groups -OCH3 is 2. The predicted molar refractivity (Wildman–Crippen MR) is 229 cm³/mol. The maximum Gasteiger partial charge on any atom is 0.407 e. The molecule has 3 aromatic carbocycles. The number of amides is 4. The molecule has 0 unspecified atom stereocenters. The lowest BCUT2D eigenvalue weighted by Crippen LogP contribution is -2.51. The first-order valence-corrected chi connectivity index (χ1v) is 21.0. The second kappa shape index (κ2) is 16.5. The summed E-state index contributed by atoms with van der Waals surface area (Å²) in [5, 5.41) is 7.58. The average Bonchev–Trinajstić information content (AvgIpc) is 4.07. The number of carbonyl (C=O) groups is 4. The number of alkyl carbamates (subject to hydrolysis) is 2. The number of aromatic amines is 2. The number of anilines is 2. The van der Waals surface area contributed by atoms with Gasteiger partial charge >= 0.3 is 12.2 Å². The summed E-state index contributed by atoms with van der Waals surface area (Å²) < 4.78 is 9.60. The molecule has 5 aromatic rings. The molecular formula is C45H55N9O6. The molecule has 0 aliphatic carbocycles. The zero-order valence-corrected chi connectivity index (χ0v) is 35.4. The van der Waals surface area contributed by atoms with Crippen LogP contribution in [0.25, 0.3) is 32.9 Å². The van der Waals surface area contributed by atoms with E-state index in [1.807, 2.05) is 43.6 Å². The van der Waals surface area contributed by atoms with Crippen LogP contribution in [0.4, 0.5) is 21.1 Å². The van der Waals surface area contributed by atoms with Gasteiger partial charge in [0.2, 0.25) is 11.8 Å². The monoisotopic (exact) mass is 817 g/mol. The van der Waals surface area contributed by atoms with Crippen LogP contribution in [0.2, 0.25) is 0 Å². The fraction of sp³-hybridized carbons (Fsp3) is 0.467. The first-order chi connectivity index (χ1) is 28.9. The summed E-state index contributed by atoms with van der Waals surface area (Å²) in [5.41, 5.74) is 7.28. The number of carbonyl (C=O) groups excluding carboxylic acids is 4. The van der Waals surface area contributed by atoms with Gasteiger partial charge in [-0.05, 0) is 96.7 Å². The number of hydrogen-bond donors (Lipinski definition) is 4. The highest BCUT2D eigenvalue weighted by Gasteiger charge is 2.39. The number of likely N-dealkylation sites (tertiary alicyclic amines) is 2. The molecule has 15 heteroatoms. The highest BCUT2D eigenvalue weighted by molar-refractivity contribution is 6.05. The van der Waals surface area contributed by atoms with Crippen LogP contribution in [-0.4, -0.2) is 100 Å². The van der Waals surface area contributed by atoms with Crippen molar-refractivity contribution in [1.29, 1.82) is 0 Å². The standard InChI is InChI=1S/C45H55N9O6/c1-24(2)36(49-44(57)59-6)42(55)53-20-8-10-34(53)39-46-31-17-13-28-22-26(12-16-30(28)38(31)48-39)27-15-19-33-29(23-27)14-18-32-41(52(33)5)51-40(47-32)35-11-9-21-54(35)43(56)37(25(3)4)50-45(58)60-7/h12-13,15-17,19,22-25,34-37H,8-11,14,18,20-21H2,1-7H3,(H,46,48)(H,47,51)(H,49,57)(H,50,58)/t34-,35-,36-,37-/m0/s1. The van der Waals surface area contributed by atoms with Gasteiger partial charge in [-0.25, -0.2) is 19.6 Å². The topological polar surface area (TPSA) is 178 Å². The molecule has 4 atom stereocenters. The van der Waals surface area contributed by atoms with Gasteiger partial charge in [0.15, 0.2) is 0 Å². The van der Waals surface area contributed by atoms with E-state index in [-0.39, 0.29) is 35.7 Å². The lowest BCUT2D eigenvalue weighted by atomic mass is 9.97. The third kappa shape index (κ3) is 7.49. The van der Waals surface area contributed by atoms with Gasteiger partial charge in [-0.3, -0.25) is 9.59 Å². The number of nitrogens with one attached hydrogen (secondary N) is 4. The van der Waals surface area contributed by atoms with Crippen molar-refractivity contribution in [1.82, 2.24) is 40.4 Å². The lowest BCUT2D eigenvalue weighted by molar-refractivity contribution is -0.136. The molecule has 0 radical (unpaired) electrons. The maximum absolute atomic E-state index is 13.8. The Morgan fingerprint density at radius 1 is 0.733 bits per heavy atom. The fourth-order valence-electron chi connectivity index (χ4n) is 9.25. The van der Waals surface area contributed by atoms with Crippen molar-refractivity contribution in [2.24, 2.45) is 11.8 Å². The highest BCUT2D eigenvalue weighted by Crippen LogP contribution is 2.40. The molecule has 3 aliphatic rings. The van der Waals surface area contributed by atoms with Crippen LogP contribution < -0.4 is 15.5 Å². The van der Waals surface area contributed by atoms with E-state index in [9.17, 15) is 19.2 Å². The van der Waals surface area contributed by atoms with Gasteiger partial charge in [0, 0.05) is 31.2 Å². The van der Waals surface area contributed by atoms with Crippen molar-refractivity contribution in [2.75, 3.05) is 39.3 Å². The summed E-state index contributed by atoms with van der Waals surface area (Å²) >= 11 is 0. The summed E-state index contributed by atoms with van der Waals surface area (Å²) in [5.74, 6) is 1.97. The molecular weight excluding hydrogens is 763 g/mol. The number of hydrogen-bond acceptors (Lipinski definition) is 9. The Bertz CT molecular complexity index is 2460. The van der Waals surface area contributed by atoms with Crippen molar-refractivity contribution in [3.63, 3.8) is 0 Å². The smallest absolute Gasteiger partial charge is 0.407 e. The summed E-state index contributed by atoms with van der Waals surface area (Å²) in [7, 11) is 4.65. The summed E-state index contributed by atoms with van der Waals surface area (Å²) in [6.45, 7) is 8.85. The number of aryl methyl sites for hydroxylation is 2. The molecule has 4 N–H and O–H groups in total. The first kappa shape index (κ1) is 40.7. The Hall–Kier alpha value is -6.12. The van der Waals surface area contributed by atoms with E-state index in [0.29, 0.717) is 13.1 Å². The number of fused-ring (bicyclic) bond motifs is 5. The Balaban J connectivity index is 1.01. The summed E-state index contributed by atoms with van der Waals surface area (Å²) in [4.78, 5) is 74.7. The molecule has 2 aromatic heterocycles. The number of nitrogens with zero attached hydrogens (tertiary/aromatic N) is 5. The van der Waals surface area contributed by atoms with Crippen LogP contribution in [-0.2, 0) is 31.9 Å². The molecule has 2 fully saturated rings. The lowest BCUT2D eigenvalue weighted by Gasteiger charge is -2.30. The predicted octanol–water partition coefficient (Wildman–Crippen LogP) is 7.06. The minimum Gasteiger partial charge on any atom is -0.453 e. The second-order valence-corrected chi connectivity index (χ2v) is 16.9. The fourth-order valence-corrected chi connectivity index (χ4v) is 9.25. The number of imidazole rings is 2. The van der Waals surface area contributed by atoms with Gasteiger partial charge in [-0.2, -0.15) is 0 Å². The quantitative estimate of drug-likeness (QED) is 0.121. The Morgan fingerprint density at radius 2 is 1.32 bits per heavy atom. The molecule has 15 nitrogen and oxygen atoms in total. The number of rotatable bonds is 9. The van der Waals surface area contributed by atoms with Gasteiger partial charge in [-0.15, -0.1) is 0 Å².